The summed E-state index contributed by atoms with van der Waals surface area (Å²) in [6, 6.07) is -0.155. The Morgan fingerprint density at radius 2 is 2.15 bits per heavy atom. The van der Waals surface area contributed by atoms with Gasteiger partial charge in [-0.2, -0.15) is 0 Å². The number of carbonyl (C=O) groups excluding carboxylic acids is 2. The number of likely N-dealkylation sites (tertiary alicyclic amines) is 1. The van der Waals surface area contributed by atoms with Crippen molar-refractivity contribution in [3.63, 3.8) is 0 Å². The maximum absolute atomic E-state index is 12.7. The van der Waals surface area contributed by atoms with E-state index in [1.165, 1.54) is 6.33 Å². The van der Waals surface area contributed by atoms with Crippen molar-refractivity contribution >= 4 is 34.6 Å². The van der Waals surface area contributed by atoms with Gasteiger partial charge in [-0.3, -0.25) is 4.79 Å². The highest BCUT2D eigenvalue weighted by Gasteiger charge is 2.29. The predicted molar refractivity (Wildman–Crippen MR) is 97.2 cm³/mol. The number of nitrogens with one attached hydrogen (secondary N) is 2. The van der Waals surface area contributed by atoms with E-state index in [1.807, 2.05) is 20.8 Å². The number of hydrogen-bond acceptors (Lipinski definition) is 5. The van der Waals surface area contributed by atoms with E-state index in [-0.39, 0.29) is 23.2 Å². The minimum absolute atomic E-state index is 0.155. The van der Waals surface area contributed by atoms with Crippen LogP contribution in [0.5, 0.6) is 0 Å². The fourth-order valence-corrected chi connectivity index (χ4v) is 3.19. The van der Waals surface area contributed by atoms with Gasteiger partial charge in [0, 0.05) is 25.3 Å². The van der Waals surface area contributed by atoms with Crippen LogP contribution in [0.1, 0.15) is 44.0 Å². The van der Waals surface area contributed by atoms with Crippen molar-refractivity contribution in [2.45, 2.75) is 45.3 Å². The molecule has 1 saturated heterocycles. The van der Waals surface area contributed by atoms with Crippen LogP contribution in [0.2, 0.25) is 5.15 Å². The SMILES string of the molecule is CC(C)(C)OC(=O)N1CCCC(NC(=O)c2c[nH]c3ncnc(Cl)c23)C1. The number of aromatic amines is 1. The Balaban J connectivity index is 1.68. The van der Waals surface area contributed by atoms with Crippen molar-refractivity contribution < 1.29 is 14.3 Å². The van der Waals surface area contributed by atoms with Crippen molar-refractivity contribution in [1.82, 2.24) is 25.2 Å². The molecule has 0 aliphatic carbocycles. The molecular formula is C17H22ClN5O3. The lowest BCUT2D eigenvalue weighted by molar-refractivity contribution is 0.0185. The summed E-state index contributed by atoms with van der Waals surface area (Å²) in [6.07, 6.45) is 4.12. The van der Waals surface area contributed by atoms with Gasteiger partial charge in [-0.1, -0.05) is 11.6 Å². The average Bonchev–Trinajstić information content (AvgIpc) is 2.99. The second-order valence-corrected chi connectivity index (χ2v) is 7.69. The highest BCUT2D eigenvalue weighted by Crippen LogP contribution is 2.23. The molecule has 1 atom stereocenters. The van der Waals surface area contributed by atoms with E-state index in [0.717, 1.165) is 12.8 Å². The van der Waals surface area contributed by atoms with Crippen LogP contribution in [0.25, 0.3) is 11.0 Å². The average molecular weight is 380 g/mol. The highest BCUT2D eigenvalue weighted by atomic mass is 35.5. The first-order valence-electron chi connectivity index (χ1n) is 8.51. The number of piperidine rings is 1. The lowest BCUT2D eigenvalue weighted by Crippen LogP contribution is -2.50. The van der Waals surface area contributed by atoms with Crippen molar-refractivity contribution in [2.24, 2.45) is 0 Å². The van der Waals surface area contributed by atoms with Gasteiger partial charge < -0.3 is 19.9 Å². The second kappa shape index (κ2) is 7.11. The zero-order valence-electron chi connectivity index (χ0n) is 15.0. The van der Waals surface area contributed by atoms with Gasteiger partial charge in [0.25, 0.3) is 5.91 Å². The third-order valence-electron chi connectivity index (χ3n) is 4.08. The van der Waals surface area contributed by atoms with Crippen LogP contribution in [-0.4, -0.2) is 56.6 Å². The van der Waals surface area contributed by atoms with Crippen LogP contribution in [0.4, 0.5) is 4.79 Å². The zero-order chi connectivity index (χ0) is 18.9. The summed E-state index contributed by atoms with van der Waals surface area (Å²) in [4.78, 5) is 37.4. The number of hydrogen-bond donors (Lipinski definition) is 2. The van der Waals surface area contributed by atoms with Crippen molar-refractivity contribution in [3.05, 3.63) is 23.2 Å². The van der Waals surface area contributed by atoms with Crippen molar-refractivity contribution in [3.8, 4) is 0 Å². The highest BCUT2D eigenvalue weighted by molar-refractivity contribution is 6.35. The first kappa shape index (κ1) is 18.4. The van der Waals surface area contributed by atoms with Gasteiger partial charge in [-0.25, -0.2) is 14.8 Å². The zero-order valence-corrected chi connectivity index (χ0v) is 15.8. The molecular weight excluding hydrogens is 358 g/mol. The number of H-pyrrole nitrogens is 1. The van der Waals surface area contributed by atoms with Gasteiger partial charge in [0.05, 0.1) is 10.9 Å². The van der Waals surface area contributed by atoms with E-state index in [1.54, 1.807) is 11.1 Å². The molecule has 1 unspecified atom stereocenters. The van der Waals surface area contributed by atoms with Gasteiger partial charge in [-0.05, 0) is 33.6 Å². The molecule has 0 spiro atoms. The van der Waals surface area contributed by atoms with E-state index >= 15 is 0 Å². The number of amides is 2. The number of aromatic nitrogens is 3. The second-order valence-electron chi connectivity index (χ2n) is 7.33. The van der Waals surface area contributed by atoms with E-state index < -0.39 is 5.60 Å². The molecule has 1 fully saturated rings. The predicted octanol–water partition coefficient (Wildman–Crippen LogP) is 2.74. The first-order chi connectivity index (χ1) is 12.2. The number of carbonyl (C=O) groups is 2. The lowest BCUT2D eigenvalue weighted by atomic mass is 10.1. The van der Waals surface area contributed by atoms with Gasteiger partial charge >= 0.3 is 6.09 Å². The molecule has 2 N–H and O–H groups in total. The van der Waals surface area contributed by atoms with Gasteiger partial charge in [0.15, 0.2) is 0 Å². The first-order valence-corrected chi connectivity index (χ1v) is 8.89. The Labute approximate surface area is 156 Å². The Bertz CT molecular complexity index is 829. The molecule has 2 aromatic rings. The molecule has 0 aromatic carbocycles. The number of fused-ring (bicyclic) bond motifs is 1. The van der Waals surface area contributed by atoms with Crippen LogP contribution in [0, 0.1) is 0 Å². The van der Waals surface area contributed by atoms with Gasteiger partial charge in [-0.15, -0.1) is 0 Å². The van der Waals surface area contributed by atoms with Gasteiger partial charge in [0.1, 0.15) is 22.7 Å². The quantitative estimate of drug-likeness (QED) is 0.781. The molecule has 3 heterocycles. The van der Waals surface area contributed by atoms with Crippen LogP contribution < -0.4 is 5.32 Å². The molecule has 1 aliphatic heterocycles. The molecule has 3 rings (SSSR count). The Morgan fingerprint density at radius 3 is 2.88 bits per heavy atom. The molecule has 9 heteroatoms. The fraction of sp³-hybridized carbons (Fsp3) is 0.529. The normalized spacial score (nSPS) is 18.0. The molecule has 0 radical (unpaired) electrons. The molecule has 0 saturated carbocycles. The van der Waals surface area contributed by atoms with E-state index in [0.29, 0.717) is 29.7 Å². The largest absolute Gasteiger partial charge is 0.444 e. The Morgan fingerprint density at radius 1 is 1.38 bits per heavy atom. The summed E-state index contributed by atoms with van der Waals surface area (Å²) >= 11 is 6.10. The van der Waals surface area contributed by atoms with Crippen molar-refractivity contribution in [2.75, 3.05) is 13.1 Å². The Kier molecular flexibility index (Phi) is 5.04. The number of rotatable bonds is 2. The third kappa shape index (κ3) is 4.07. The molecule has 1 aliphatic rings. The van der Waals surface area contributed by atoms with Gasteiger partial charge in [0.2, 0.25) is 0 Å². The summed E-state index contributed by atoms with van der Waals surface area (Å²) < 4.78 is 5.41. The molecule has 140 valence electrons. The summed E-state index contributed by atoms with van der Waals surface area (Å²) in [5.74, 6) is -0.274. The number of halogens is 1. The van der Waals surface area contributed by atoms with E-state index in [2.05, 4.69) is 20.3 Å². The summed E-state index contributed by atoms with van der Waals surface area (Å²) in [5, 5.41) is 3.68. The number of ether oxygens (including phenoxy) is 1. The van der Waals surface area contributed by atoms with Crippen LogP contribution >= 0.6 is 11.6 Å². The maximum Gasteiger partial charge on any atom is 0.410 e. The van der Waals surface area contributed by atoms with Crippen LogP contribution in [0.3, 0.4) is 0 Å². The molecule has 2 amide bonds. The van der Waals surface area contributed by atoms with Crippen LogP contribution in [0.15, 0.2) is 12.5 Å². The molecule has 2 aromatic heterocycles. The van der Waals surface area contributed by atoms with E-state index in [9.17, 15) is 9.59 Å². The summed E-state index contributed by atoms with van der Waals surface area (Å²) in [6.45, 7) is 6.52. The maximum atomic E-state index is 12.7. The standard InChI is InChI=1S/C17H22ClN5O3/c1-17(2,3)26-16(25)23-6-4-5-10(8-23)22-15(24)11-7-19-14-12(11)13(18)20-9-21-14/h7,9-10H,4-6,8H2,1-3H3,(H,22,24)(H,19,20,21). The molecule has 8 nitrogen and oxygen atoms in total. The summed E-state index contributed by atoms with van der Waals surface area (Å²) in [7, 11) is 0. The minimum Gasteiger partial charge on any atom is -0.444 e. The molecule has 0 bridgehead atoms. The fourth-order valence-electron chi connectivity index (χ4n) is 2.95. The minimum atomic E-state index is -0.548. The monoisotopic (exact) mass is 379 g/mol. The van der Waals surface area contributed by atoms with Crippen LogP contribution in [-0.2, 0) is 4.74 Å². The third-order valence-corrected chi connectivity index (χ3v) is 4.36. The van der Waals surface area contributed by atoms with E-state index in [4.69, 9.17) is 16.3 Å². The summed E-state index contributed by atoms with van der Waals surface area (Å²) in [5.41, 5.74) is 0.350. The smallest absolute Gasteiger partial charge is 0.410 e. The van der Waals surface area contributed by atoms with Crippen molar-refractivity contribution in [1.29, 1.82) is 0 Å². The number of nitrogens with zero attached hydrogens (tertiary/aromatic N) is 3. The lowest BCUT2D eigenvalue weighted by Gasteiger charge is -2.34. The molecule has 26 heavy (non-hydrogen) atoms. The topological polar surface area (TPSA) is 100 Å². The Hall–Kier alpha value is -2.35.